The summed E-state index contributed by atoms with van der Waals surface area (Å²) in [5, 5.41) is 0. The number of benzene rings is 1. The van der Waals surface area contributed by atoms with Crippen molar-refractivity contribution in [3.63, 3.8) is 0 Å². The minimum absolute atomic E-state index is 0.251. The van der Waals surface area contributed by atoms with Gasteiger partial charge in [-0.15, -0.1) is 0 Å². The first-order valence-corrected chi connectivity index (χ1v) is 7.82. The zero-order valence-corrected chi connectivity index (χ0v) is 12.9. The van der Waals surface area contributed by atoms with Crippen LogP contribution in [0.25, 0.3) is 0 Å². The van der Waals surface area contributed by atoms with Crippen LogP contribution < -0.4 is 4.31 Å². The fourth-order valence-electron chi connectivity index (χ4n) is 1.60. The van der Waals surface area contributed by atoms with Crippen LogP contribution in [0.2, 0.25) is 0 Å². The predicted octanol–water partition coefficient (Wildman–Crippen LogP) is 2.98. The smallest absolute Gasteiger partial charge is 0.253 e. The van der Waals surface area contributed by atoms with Crippen LogP contribution in [-0.2, 0) is 10.0 Å². The van der Waals surface area contributed by atoms with Gasteiger partial charge in [0.05, 0.1) is 4.90 Å². The summed E-state index contributed by atoms with van der Waals surface area (Å²) in [5.41, 5.74) is 0.871. The van der Waals surface area contributed by atoms with E-state index in [1.165, 1.54) is 11.4 Å². The monoisotopic (exact) mass is 340 g/mol. The van der Waals surface area contributed by atoms with Gasteiger partial charge in [-0.1, -0.05) is 22.0 Å². The average Bonchev–Trinajstić information content (AvgIpc) is 2.41. The maximum atomic E-state index is 12.5. The molecule has 2 aromatic rings. The van der Waals surface area contributed by atoms with Gasteiger partial charge in [-0.3, -0.25) is 4.31 Å². The molecular formula is C13H13BrN2O2S. The van der Waals surface area contributed by atoms with E-state index in [9.17, 15) is 8.42 Å². The van der Waals surface area contributed by atoms with Gasteiger partial charge in [0.25, 0.3) is 10.0 Å². The van der Waals surface area contributed by atoms with E-state index in [1.807, 2.05) is 6.92 Å². The molecule has 19 heavy (non-hydrogen) atoms. The Morgan fingerprint density at radius 3 is 2.53 bits per heavy atom. The first kappa shape index (κ1) is 14.0. The van der Waals surface area contributed by atoms with E-state index in [0.717, 1.165) is 10.0 Å². The molecular weight excluding hydrogens is 328 g/mol. The molecule has 0 aliphatic carbocycles. The molecule has 0 aliphatic rings. The number of aromatic nitrogens is 1. The van der Waals surface area contributed by atoms with Gasteiger partial charge in [-0.25, -0.2) is 13.4 Å². The molecule has 2 rings (SSSR count). The van der Waals surface area contributed by atoms with Crippen LogP contribution in [0.3, 0.4) is 0 Å². The summed E-state index contributed by atoms with van der Waals surface area (Å²) in [6.45, 7) is 1.85. The third-order valence-corrected chi connectivity index (χ3v) is 5.41. The van der Waals surface area contributed by atoms with Gasteiger partial charge in [0, 0.05) is 17.7 Å². The Kier molecular flexibility index (Phi) is 3.91. The molecule has 0 aliphatic heterocycles. The lowest BCUT2D eigenvalue weighted by atomic mass is 10.2. The first-order valence-electron chi connectivity index (χ1n) is 5.59. The molecule has 1 aromatic carbocycles. The topological polar surface area (TPSA) is 50.3 Å². The number of hydrogen-bond acceptors (Lipinski definition) is 3. The Bertz CT molecular complexity index is 687. The summed E-state index contributed by atoms with van der Waals surface area (Å²) >= 11 is 3.36. The van der Waals surface area contributed by atoms with Crippen molar-refractivity contribution in [3.05, 3.63) is 52.6 Å². The van der Waals surface area contributed by atoms with Crippen molar-refractivity contribution in [1.29, 1.82) is 0 Å². The molecule has 0 bridgehead atoms. The number of rotatable bonds is 3. The lowest BCUT2D eigenvalue weighted by Crippen LogP contribution is -2.27. The van der Waals surface area contributed by atoms with Gasteiger partial charge >= 0.3 is 0 Å². The number of nitrogens with zero attached hydrogens (tertiary/aromatic N) is 2. The molecule has 0 amide bonds. The quantitative estimate of drug-likeness (QED) is 0.862. The molecule has 6 heteroatoms. The minimum Gasteiger partial charge on any atom is -0.253 e. The Hall–Kier alpha value is -1.40. The second kappa shape index (κ2) is 5.30. The highest BCUT2D eigenvalue weighted by Gasteiger charge is 2.22. The van der Waals surface area contributed by atoms with Crippen molar-refractivity contribution in [2.75, 3.05) is 11.4 Å². The molecule has 1 heterocycles. The Balaban J connectivity index is 2.45. The summed E-state index contributed by atoms with van der Waals surface area (Å²) in [7, 11) is -2.09. The highest BCUT2D eigenvalue weighted by molar-refractivity contribution is 9.10. The lowest BCUT2D eigenvalue weighted by molar-refractivity contribution is 0.594. The number of pyridine rings is 1. The Morgan fingerprint density at radius 2 is 1.95 bits per heavy atom. The fraction of sp³-hybridized carbons (Fsp3) is 0.154. The summed E-state index contributed by atoms with van der Waals surface area (Å²) in [4.78, 5) is 4.30. The Morgan fingerprint density at radius 1 is 1.21 bits per heavy atom. The molecule has 0 unspecified atom stereocenters. The van der Waals surface area contributed by atoms with Gasteiger partial charge < -0.3 is 0 Å². The summed E-state index contributed by atoms with van der Waals surface area (Å²) in [6, 6.07) is 10.1. The van der Waals surface area contributed by atoms with Gasteiger partial charge in [0.1, 0.15) is 5.82 Å². The highest BCUT2D eigenvalue weighted by atomic mass is 79.9. The fourth-order valence-corrected chi connectivity index (χ4v) is 3.08. The molecule has 4 nitrogen and oxygen atoms in total. The van der Waals surface area contributed by atoms with Gasteiger partial charge in [-0.2, -0.15) is 0 Å². The van der Waals surface area contributed by atoms with E-state index in [0.29, 0.717) is 5.82 Å². The van der Waals surface area contributed by atoms with Crippen molar-refractivity contribution in [2.24, 2.45) is 0 Å². The predicted molar refractivity (Wildman–Crippen MR) is 78.7 cm³/mol. The summed E-state index contributed by atoms with van der Waals surface area (Å²) in [5.74, 6) is 0.392. The van der Waals surface area contributed by atoms with Crippen molar-refractivity contribution >= 4 is 31.8 Å². The summed E-state index contributed by atoms with van der Waals surface area (Å²) in [6.07, 6.45) is 1.56. The number of hydrogen-bond donors (Lipinski definition) is 0. The zero-order valence-electron chi connectivity index (χ0n) is 10.5. The zero-order chi connectivity index (χ0) is 14.0. The van der Waals surface area contributed by atoms with Crippen LogP contribution >= 0.6 is 15.9 Å². The van der Waals surface area contributed by atoms with Crippen molar-refractivity contribution < 1.29 is 8.42 Å². The molecule has 0 saturated heterocycles. The number of sulfonamides is 1. The standard InChI is InChI=1S/C13H13BrN2O2S/c1-10-9-11(6-7-12(10)14)19(17,18)16(2)13-5-3-4-8-15-13/h3-9H,1-2H3. The largest absolute Gasteiger partial charge is 0.265 e. The van der Waals surface area contributed by atoms with Crippen LogP contribution in [0.1, 0.15) is 5.56 Å². The van der Waals surface area contributed by atoms with Gasteiger partial charge in [0.2, 0.25) is 0 Å². The van der Waals surface area contributed by atoms with Crippen LogP contribution in [-0.4, -0.2) is 20.4 Å². The minimum atomic E-state index is -3.58. The molecule has 0 saturated carbocycles. The maximum absolute atomic E-state index is 12.5. The van der Waals surface area contributed by atoms with Crippen molar-refractivity contribution in [1.82, 2.24) is 4.98 Å². The normalized spacial score (nSPS) is 11.3. The molecule has 0 fully saturated rings. The molecule has 100 valence electrons. The van der Waals surface area contributed by atoms with Crippen molar-refractivity contribution in [2.45, 2.75) is 11.8 Å². The van der Waals surface area contributed by atoms with Crippen LogP contribution in [0.5, 0.6) is 0 Å². The first-order chi connectivity index (χ1) is 8.93. The van der Waals surface area contributed by atoms with E-state index in [2.05, 4.69) is 20.9 Å². The summed E-state index contributed by atoms with van der Waals surface area (Å²) < 4.78 is 27.0. The van der Waals surface area contributed by atoms with Gasteiger partial charge in [0.15, 0.2) is 0 Å². The third-order valence-electron chi connectivity index (χ3n) is 2.76. The van der Waals surface area contributed by atoms with Crippen LogP contribution in [0.15, 0.2) is 52.0 Å². The lowest BCUT2D eigenvalue weighted by Gasteiger charge is -2.18. The second-order valence-electron chi connectivity index (χ2n) is 4.07. The number of anilines is 1. The SMILES string of the molecule is Cc1cc(S(=O)(=O)N(C)c2ccccn2)ccc1Br. The molecule has 1 aromatic heterocycles. The van der Waals surface area contributed by atoms with E-state index in [1.54, 1.807) is 42.6 Å². The average molecular weight is 341 g/mol. The highest BCUT2D eigenvalue weighted by Crippen LogP contribution is 2.24. The Labute approximate surface area is 121 Å². The van der Waals surface area contributed by atoms with Crippen LogP contribution in [0.4, 0.5) is 5.82 Å². The third kappa shape index (κ3) is 2.79. The van der Waals surface area contributed by atoms with Crippen molar-refractivity contribution in [3.8, 4) is 0 Å². The van der Waals surface area contributed by atoms with E-state index < -0.39 is 10.0 Å². The number of halogens is 1. The molecule has 0 radical (unpaired) electrons. The van der Waals surface area contributed by atoms with Crippen LogP contribution in [0, 0.1) is 6.92 Å². The second-order valence-corrected chi connectivity index (χ2v) is 6.90. The van der Waals surface area contributed by atoms with E-state index in [4.69, 9.17) is 0 Å². The van der Waals surface area contributed by atoms with E-state index in [-0.39, 0.29) is 4.90 Å². The molecule has 0 N–H and O–H groups in total. The van der Waals surface area contributed by atoms with E-state index >= 15 is 0 Å². The maximum Gasteiger partial charge on any atom is 0.265 e. The molecule has 0 spiro atoms. The number of aryl methyl sites for hydroxylation is 1. The molecule has 0 atom stereocenters. The van der Waals surface area contributed by atoms with Gasteiger partial charge in [-0.05, 0) is 42.8 Å².